The van der Waals surface area contributed by atoms with E-state index in [1.807, 2.05) is 0 Å². The average Bonchev–Trinajstić information content (AvgIpc) is 3.25. The van der Waals surface area contributed by atoms with Crippen molar-refractivity contribution in [3.8, 4) is 0 Å². The molecule has 11 nitrogen and oxygen atoms in total. The van der Waals surface area contributed by atoms with E-state index in [4.69, 9.17) is 7.48 Å². The number of nitrogens with zero attached hydrogens (tertiary/aromatic N) is 4. The topological polar surface area (TPSA) is 130 Å². The number of fused-ring (bicyclic) bond motifs is 1. The first kappa shape index (κ1) is 24.2. The average molecular weight is 515 g/mol. The van der Waals surface area contributed by atoms with E-state index in [9.17, 15) is 23.6 Å². The highest BCUT2D eigenvalue weighted by Crippen LogP contribution is 2.14. The number of aromatic amines is 1. The first-order chi connectivity index (χ1) is 18.3. The molecular weight excluding hydrogens is 483 g/mol. The van der Waals surface area contributed by atoms with Gasteiger partial charge in [-0.05, 0) is 49.2 Å². The standard InChI is InChI=1S/C25H29FN6O5/c1-30(2)22(33)10-6-5-9-20(37-25(36)31(3)4)23(34)29-18-8-7-13-32(24(18)35)15-21-27-17-12-11-16(26)14-19(17)28-21/h6-8,10-14,20H,5,9,15H2,1-4H3,(H,27,28)(H,29,34)/b10-6+/i9D2. The lowest BCUT2D eigenvalue weighted by Crippen LogP contribution is -2.37. The molecule has 1 unspecified atom stereocenters. The fourth-order valence-corrected chi connectivity index (χ4v) is 3.10. The molecule has 196 valence electrons. The van der Waals surface area contributed by atoms with Crippen molar-refractivity contribution < 1.29 is 26.3 Å². The number of imidazole rings is 1. The molecule has 0 radical (unpaired) electrons. The van der Waals surface area contributed by atoms with Gasteiger partial charge in [-0.1, -0.05) is 6.08 Å². The second-order valence-electron chi connectivity index (χ2n) is 8.39. The molecule has 0 spiro atoms. The van der Waals surface area contributed by atoms with Gasteiger partial charge in [0.25, 0.3) is 11.5 Å². The molecule has 0 saturated carbocycles. The number of allylic oxidation sites excluding steroid dienone is 1. The molecule has 3 rings (SSSR count). The van der Waals surface area contributed by atoms with Gasteiger partial charge in [-0.15, -0.1) is 0 Å². The van der Waals surface area contributed by atoms with E-state index in [1.54, 1.807) is 0 Å². The molecule has 2 N–H and O–H groups in total. The van der Waals surface area contributed by atoms with Gasteiger partial charge in [0.1, 0.15) is 17.3 Å². The number of carbonyl (C=O) groups is 3. The third-order valence-corrected chi connectivity index (χ3v) is 5.04. The van der Waals surface area contributed by atoms with Crippen LogP contribution in [0.2, 0.25) is 0 Å². The van der Waals surface area contributed by atoms with Gasteiger partial charge in [0.05, 0.1) is 17.6 Å². The third-order valence-electron chi connectivity index (χ3n) is 5.04. The number of halogens is 1. The van der Waals surface area contributed by atoms with Gasteiger partial charge in [0.15, 0.2) is 6.10 Å². The predicted molar refractivity (Wildman–Crippen MR) is 136 cm³/mol. The van der Waals surface area contributed by atoms with E-state index in [2.05, 4.69) is 15.3 Å². The molecule has 3 amide bonds. The van der Waals surface area contributed by atoms with Crippen molar-refractivity contribution in [2.45, 2.75) is 25.4 Å². The number of rotatable bonds is 9. The second kappa shape index (κ2) is 12.0. The molecule has 2 heterocycles. The van der Waals surface area contributed by atoms with E-state index >= 15 is 0 Å². The van der Waals surface area contributed by atoms with Crippen molar-refractivity contribution >= 4 is 34.6 Å². The van der Waals surface area contributed by atoms with Crippen molar-refractivity contribution in [1.29, 1.82) is 0 Å². The zero-order chi connectivity index (χ0) is 28.9. The van der Waals surface area contributed by atoms with Gasteiger partial charge >= 0.3 is 6.09 Å². The second-order valence-corrected chi connectivity index (χ2v) is 8.39. The number of likely N-dealkylation sites (N-methyl/N-ethyl adjacent to an activating group) is 1. The van der Waals surface area contributed by atoms with Gasteiger partial charge in [-0.25, -0.2) is 14.2 Å². The molecule has 0 fully saturated rings. The number of carbonyl (C=O) groups excluding carboxylic acids is 3. The van der Waals surface area contributed by atoms with Crippen LogP contribution in [0.15, 0.2) is 53.5 Å². The Morgan fingerprint density at radius 3 is 2.70 bits per heavy atom. The van der Waals surface area contributed by atoms with Crippen molar-refractivity contribution in [2.24, 2.45) is 0 Å². The highest BCUT2D eigenvalue weighted by Gasteiger charge is 2.24. The molecular formula is C25H29FN6O5. The lowest BCUT2D eigenvalue weighted by atomic mass is 10.1. The van der Waals surface area contributed by atoms with Crippen molar-refractivity contribution in [3.63, 3.8) is 0 Å². The maximum absolute atomic E-state index is 13.5. The first-order valence-electron chi connectivity index (χ1n) is 12.2. The van der Waals surface area contributed by atoms with Crippen LogP contribution >= 0.6 is 0 Å². The Morgan fingerprint density at radius 2 is 2.00 bits per heavy atom. The number of hydrogen-bond acceptors (Lipinski definition) is 6. The summed E-state index contributed by atoms with van der Waals surface area (Å²) >= 11 is 0. The Balaban J connectivity index is 1.84. The van der Waals surface area contributed by atoms with Crippen LogP contribution in [0.1, 0.15) is 21.4 Å². The number of anilines is 1. The Bertz CT molecular complexity index is 1470. The summed E-state index contributed by atoms with van der Waals surface area (Å²) in [6, 6.07) is 6.85. The summed E-state index contributed by atoms with van der Waals surface area (Å²) in [7, 11) is 5.78. The molecule has 1 atom stereocenters. The normalized spacial score (nSPS) is 13.1. The summed E-state index contributed by atoms with van der Waals surface area (Å²) in [4.78, 5) is 59.8. The summed E-state index contributed by atoms with van der Waals surface area (Å²) in [6.45, 7) is -0.0244. The third kappa shape index (κ3) is 7.26. The SMILES string of the molecule is [2H]C([2H])(C/C=C/C(=O)N(C)C)C(OC(=O)N(C)C)C(=O)Nc1cccn(Cc2nc3ccc(F)cc3[nH]2)c1=O. The smallest absolute Gasteiger partial charge is 0.410 e. The Hall–Kier alpha value is -4.48. The van der Waals surface area contributed by atoms with Gasteiger partial charge in [0.2, 0.25) is 5.91 Å². The van der Waals surface area contributed by atoms with Gasteiger partial charge in [-0.3, -0.25) is 14.4 Å². The van der Waals surface area contributed by atoms with E-state index in [-0.39, 0.29) is 12.2 Å². The zero-order valence-corrected chi connectivity index (χ0v) is 20.8. The molecule has 0 saturated heterocycles. The molecule has 0 aliphatic carbocycles. The number of amides is 3. The van der Waals surface area contributed by atoms with Crippen LogP contribution in [0, 0.1) is 5.82 Å². The number of aromatic nitrogens is 3. The number of ether oxygens (including phenoxy) is 1. The number of benzene rings is 1. The fraction of sp³-hybridized carbons (Fsp3) is 0.320. The minimum absolute atomic E-state index is 0.0244. The molecule has 2 aromatic heterocycles. The number of hydrogen-bond donors (Lipinski definition) is 2. The van der Waals surface area contributed by atoms with E-state index in [0.717, 1.165) is 11.0 Å². The van der Waals surface area contributed by atoms with Crippen LogP contribution < -0.4 is 10.9 Å². The molecule has 3 aromatic rings. The molecule has 0 aliphatic rings. The van der Waals surface area contributed by atoms with Gasteiger partial charge < -0.3 is 29.4 Å². The molecule has 0 aliphatic heterocycles. The zero-order valence-electron chi connectivity index (χ0n) is 22.8. The molecule has 37 heavy (non-hydrogen) atoms. The van der Waals surface area contributed by atoms with E-state index < -0.39 is 48.2 Å². The first-order valence-corrected chi connectivity index (χ1v) is 11.2. The van der Waals surface area contributed by atoms with Crippen molar-refractivity contribution in [2.75, 3.05) is 33.5 Å². The maximum atomic E-state index is 13.5. The van der Waals surface area contributed by atoms with Gasteiger partial charge in [-0.2, -0.15) is 0 Å². The molecule has 12 heteroatoms. The Kier molecular flexibility index (Phi) is 7.84. The summed E-state index contributed by atoms with van der Waals surface area (Å²) in [5, 5.41) is 2.35. The maximum Gasteiger partial charge on any atom is 0.410 e. The highest BCUT2D eigenvalue weighted by molar-refractivity contribution is 5.95. The Labute approximate surface area is 215 Å². The summed E-state index contributed by atoms with van der Waals surface area (Å²) in [5.74, 6) is -1.54. The molecule has 1 aromatic carbocycles. The lowest BCUT2D eigenvalue weighted by Gasteiger charge is -2.19. The van der Waals surface area contributed by atoms with Crippen LogP contribution in [0.25, 0.3) is 11.0 Å². The predicted octanol–water partition coefficient (Wildman–Crippen LogP) is 2.34. The van der Waals surface area contributed by atoms with Gasteiger partial charge in [0, 0.05) is 37.1 Å². The van der Waals surface area contributed by atoms with Crippen LogP contribution in [-0.4, -0.2) is 76.5 Å². The highest BCUT2D eigenvalue weighted by atomic mass is 19.1. The molecule has 0 bridgehead atoms. The van der Waals surface area contributed by atoms with E-state index in [0.29, 0.717) is 16.9 Å². The monoisotopic (exact) mass is 514 g/mol. The summed E-state index contributed by atoms with van der Waals surface area (Å²) in [6.07, 6.45) is -1.96. The summed E-state index contributed by atoms with van der Waals surface area (Å²) < 4.78 is 36.7. The van der Waals surface area contributed by atoms with Crippen molar-refractivity contribution in [1.82, 2.24) is 24.3 Å². The minimum atomic E-state index is -2.43. The van der Waals surface area contributed by atoms with E-state index in [1.165, 1.54) is 80.3 Å². The summed E-state index contributed by atoms with van der Waals surface area (Å²) in [5.41, 5.74) is 0.145. The minimum Gasteiger partial charge on any atom is -0.436 e. The lowest BCUT2D eigenvalue weighted by molar-refractivity contribution is -0.125. The van der Waals surface area contributed by atoms with Crippen LogP contribution in [0.3, 0.4) is 0 Å². The van der Waals surface area contributed by atoms with Crippen LogP contribution in [0.5, 0.6) is 0 Å². The van der Waals surface area contributed by atoms with Crippen LogP contribution in [0.4, 0.5) is 14.9 Å². The largest absolute Gasteiger partial charge is 0.436 e. The van der Waals surface area contributed by atoms with Crippen molar-refractivity contribution in [3.05, 3.63) is 70.7 Å². The van der Waals surface area contributed by atoms with Crippen LogP contribution in [-0.2, 0) is 20.9 Å². The Morgan fingerprint density at radius 1 is 1.24 bits per heavy atom. The fourth-order valence-electron chi connectivity index (χ4n) is 3.10. The number of pyridine rings is 1. The number of nitrogens with one attached hydrogen (secondary N) is 2. The quantitative estimate of drug-likeness (QED) is 0.422. The number of H-pyrrole nitrogens is 1.